The van der Waals surface area contributed by atoms with Crippen LogP contribution in [0.1, 0.15) is 5.56 Å². The third-order valence-corrected chi connectivity index (χ3v) is 4.99. The van der Waals surface area contributed by atoms with Crippen molar-refractivity contribution in [1.29, 1.82) is 0 Å². The van der Waals surface area contributed by atoms with Gasteiger partial charge in [0.05, 0.1) is 24.8 Å². The van der Waals surface area contributed by atoms with E-state index in [9.17, 15) is 8.42 Å². The molecule has 0 atom stereocenters. The van der Waals surface area contributed by atoms with E-state index < -0.39 is 10.0 Å². The molecule has 0 unspecified atom stereocenters. The van der Waals surface area contributed by atoms with E-state index in [0.717, 1.165) is 5.56 Å². The molecule has 0 spiro atoms. The van der Waals surface area contributed by atoms with Gasteiger partial charge in [0.25, 0.3) is 10.0 Å². The average molecular weight is 398 g/mol. The van der Waals surface area contributed by atoms with Gasteiger partial charge in [-0.25, -0.2) is 8.42 Å². The maximum atomic E-state index is 12.6. The van der Waals surface area contributed by atoms with E-state index in [1.54, 1.807) is 18.3 Å². The van der Waals surface area contributed by atoms with Gasteiger partial charge in [0.15, 0.2) is 5.82 Å². The average Bonchev–Trinajstić information content (AvgIpc) is 2.72. The van der Waals surface area contributed by atoms with E-state index in [0.29, 0.717) is 5.69 Å². The molecule has 0 bridgehead atoms. The first-order chi connectivity index (χ1) is 13.5. The van der Waals surface area contributed by atoms with Gasteiger partial charge >= 0.3 is 6.01 Å². The monoisotopic (exact) mass is 398 g/mol. The number of hydrogen-bond acceptors (Lipinski definition) is 7. The topological polar surface area (TPSA) is 103 Å². The molecule has 0 fully saturated rings. The molecule has 3 rings (SSSR count). The molecular formula is C19H18N4O4S. The molecule has 0 aliphatic carbocycles. The van der Waals surface area contributed by atoms with Gasteiger partial charge in [0, 0.05) is 12.3 Å². The van der Waals surface area contributed by atoms with Crippen molar-refractivity contribution < 1.29 is 17.9 Å². The highest BCUT2D eigenvalue weighted by atomic mass is 32.2. The highest BCUT2D eigenvalue weighted by molar-refractivity contribution is 7.92. The molecule has 0 radical (unpaired) electrons. The minimum Gasteiger partial charge on any atom is -0.481 e. The van der Waals surface area contributed by atoms with Gasteiger partial charge in [-0.3, -0.25) is 9.71 Å². The number of hydrogen-bond donors (Lipinski definition) is 1. The number of benzene rings is 2. The van der Waals surface area contributed by atoms with Crippen LogP contribution in [0.5, 0.6) is 11.9 Å². The second-order valence-corrected chi connectivity index (χ2v) is 7.23. The molecule has 28 heavy (non-hydrogen) atoms. The Morgan fingerprint density at radius 2 is 1.68 bits per heavy atom. The Balaban J connectivity index is 1.78. The van der Waals surface area contributed by atoms with Crippen molar-refractivity contribution in [2.24, 2.45) is 4.99 Å². The van der Waals surface area contributed by atoms with E-state index in [2.05, 4.69) is 19.7 Å². The fourth-order valence-corrected chi connectivity index (χ4v) is 3.24. The predicted molar refractivity (Wildman–Crippen MR) is 106 cm³/mol. The van der Waals surface area contributed by atoms with Gasteiger partial charge in [0.1, 0.15) is 0 Å². The lowest BCUT2D eigenvalue weighted by Crippen LogP contribution is -2.14. The minimum absolute atomic E-state index is 0.0114. The Hall–Kier alpha value is -3.46. The van der Waals surface area contributed by atoms with E-state index in [1.165, 1.54) is 32.4 Å². The number of nitrogens with zero attached hydrogens (tertiary/aromatic N) is 3. The largest absolute Gasteiger partial charge is 0.481 e. The highest BCUT2D eigenvalue weighted by Crippen LogP contribution is 2.22. The molecule has 0 saturated carbocycles. The van der Waals surface area contributed by atoms with Gasteiger partial charge in [-0.15, -0.1) is 0 Å². The maximum absolute atomic E-state index is 12.6. The summed E-state index contributed by atoms with van der Waals surface area (Å²) in [6, 6.07) is 17.1. The van der Waals surface area contributed by atoms with Crippen molar-refractivity contribution in [2.75, 3.05) is 18.9 Å². The molecule has 8 nitrogen and oxygen atoms in total. The molecule has 3 aromatic rings. The Morgan fingerprint density at radius 3 is 2.32 bits per heavy atom. The third-order valence-electron chi connectivity index (χ3n) is 3.62. The second kappa shape index (κ2) is 8.49. The summed E-state index contributed by atoms with van der Waals surface area (Å²) in [6.45, 7) is 0. The molecule has 1 aromatic heterocycles. The molecule has 2 aromatic carbocycles. The molecule has 0 amide bonds. The summed E-state index contributed by atoms with van der Waals surface area (Å²) in [5, 5.41) is 0. The van der Waals surface area contributed by atoms with Crippen LogP contribution in [0.3, 0.4) is 0 Å². The number of rotatable bonds is 7. The van der Waals surface area contributed by atoms with Crippen LogP contribution in [0.25, 0.3) is 0 Å². The normalized spacial score (nSPS) is 11.4. The zero-order chi connectivity index (χ0) is 20.0. The van der Waals surface area contributed by atoms with Crippen molar-refractivity contribution in [3.63, 3.8) is 0 Å². The Morgan fingerprint density at radius 1 is 0.964 bits per heavy atom. The summed E-state index contributed by atoms with van der Waals surface area (Å²) in [6.07, 6.45) is 1.71. The molecular weight excluding hydrogens is 380 g/mol. The summed E-state index contributed by atoms with van der Waals surface area (Å²) in [7, 11) is -1.06. The number of aliphatic imine (C=N–C) groups is 1. The lowest BCUT2D eigenvalue weighted by molar-refractivity contribution is 0.353. The molecule has 9 heteroatoms. The second-order valence-electron chi connectivity index (χ2n) is 5.55. The van der Waals surface area contributed by atoms with Crippen LogP contribution < -0.4 is 14.2 Å². The van der Waals surface area contributed by atoms with Gasteiger partial charge in [-0.05, 0) is 29.8 Å². The quantitative estimate of drug-likeness (QED) is 0.614. The van der Waals surface area contributed by atoms with Gasteiger partial charge < -0.3 is 9.47 Å². The maximum Gasteiger partial charge on any atom is 0.321 e. The van der Waals surface area contributed by atoms with Crippen molar-refractivity contribution in [3.05, 3.63) is 66.2 Å². The number of methoxy groups -OCH3 is 2. The lowest BCUT2D eigenvalue weighted by Gasteiger charge is -2.09. The van der Waals surface area contributed by atoms with Crippen molar-refractivity contribution in [2.45, 2.75) is 4.90 Å². The van der Waals surface area contributed by atoms with Crippen LogP contribution in [-0.4, -0.2) is 38.8 Å². The number of sulfonamides is 1. The SMILES string of the molecule is COc1cc(NS(=O)(=O)c2ccc(N=Cc3ccccc3)cc2)nc(OC)n1. The first-order valence-corrected chi connectivity index (χ1v) is 9.67. The summed E-state index contributed by atoms with van der Waals surface area (Å²) >= 11 is 0. The van der Waals surface area contributed by atoms with Crippen LogP contribution in [0.15, 0.2) is 70.6 Å². The van der Waals surface area contributed by atoms with E-state index in [1.807, 2.05) is 30.3 Å². The van der Waals surface area contributed by atoms with Crippen LogP contribution >= 0.6 is 0 Å². The fraction of sp³-hybridized carbons (Fsp3) is 0.105. The Kier molecular flexibility index (Phi) is 5.85. The number of anilines is 1. The first kappa shape index (κ1) is 19.3. The number of nitrogens with one attached hydrogen (secondary N) is 1. The van der Waals surface area contributed by atoms with Crippen LogP contribution in [0.2, 0.25) is 0 Å². The standard InChI is InChI=1S/C19H18N4O4S/c1-26-18-12-17(21-19(22-18)27-2)23-28(24,25)16-10-8-15(9-11-16)20-13-14-6-4-3-5-7-14/h3-13H,1-2H3,(H,21,22,23). The minimum atomic E-state index is -3.85. The van der Waals surface area contributed by atoms with Crippen molar-refractivity contribution >= 4 is 27.7 Å². The van der Waals surface area contributed by atoms with Crippen molar-refractivity contribution in [3.8, 4) is 11.9 Å². The summed E-state index contributed by atoms with van der Waals surface area (Å²) in [5.74, 6) is 0.213. The molecule has 0 aliphatic heterocycles. The smallest absolute Gasteiger partial charge is 0.321 e. The highest BCUT2D eigenvalue weighted by Gasteiger charge is 2.16. The summed E-state index contributed by atoms with van der Waals surface area (Å²) in [5.41, 5.74) is 1.58. The third kappa shape index (κ3) is 4.83. The van der Waals surface area contributed by atoms with Gasteiger partial charge in [0.2, 0.25) is 5.88 Å². The van der Waals surface area contributed by atoms with Crippen LogP contribution in [0, 0.1) is 0 Å². The van der Waals surface area contributed by atoms with Gasteiger partial charge in [-0.1, -0.05) is 30.3 Å². The van der Waals surface area contributed by atoms with Crippen molar-refractivity contribution in [1.82, 2.24) is 9.97 Å². The summed E-state index contributed by atoms with van der Waals surface area (Å²) < 4.78 is 37.5. The lowest BCUT2D eigenvalue weighted by atomic mass is 10.2. The number of aromatic nitrogens is 2. The summed E-state index contributed by atoms with van der Waals surface area (Å²) in [4.78, 5) is 12.3. The van der Waals surface area contributed by atoms with E-state index in [-0.39, 0.29) is 22.6 Å². The van der Waals surface area contributed by atoms with Gasteiger partial charge in [-0.2, -0.15) is 9.97 Å². The zero-order valence-corrected chi connectivity index (χ0v) is 16.1. The first-order valence-electron chi connectivity index (χ1n) is 8.19. The predicted octanol–water partition coefficient (Wildman–Crippen LogP) is 3.05. The Labute approximate surface area is 163 Å². The fourth-order valence-electron chi connectivity index (χ4n) is 2.25. The van der Waals surface area contributed by atoms with E-state index in [4.69, 9.17) is 9.47 Å². The van der Waals surface area contributed by atoms with Crippen LogP contribution in [-0.2, 0) is 10.0 Å². The molecule has 0 saturated heterocycles. The molecule has 0 aliphatic rings. The molecule has 1 heterocycles. The van der Waals surface area contributed by atoms with E-state index >= 15 is 0 Å². The Bertz CT molecular complexity index is 1050. The zero-order valence-electron chi connectivity index (χ0n) is 15.2. The number of ether oxygens (including phenoxy) is 2. The molecule has 144 valence electrons. The molecule has 1 N–H and O–H groups in total. The van der Waals surface area contributed by atoms with Crippen LogP contribution in [0.4, 0.5) is 11.5 Å².